The first kappa shape index (κ1) is 22.3. The second-order valence-electron chi connectivity index (χ2n) is 7.71. The van der Waals surface area contributed by atoms with Crippen LogP contribution in [0.4, 0.5) is 0 Å². The van der Waals surface area contributed by atoms with Crippen LogP contribution in [-0.2, 0) is 9.53 Å². The highest BCUT2D eigenvalue weighted by Crippen LogP contribution is 2.30. The van der Waals surface area contributed by atoms with Gasteiger partial charge < -0.3 is 19.1 Å². The number of thiazole rings is 1. The lowest BCUT2D eigenvalue weighted by Gasteiger charge is -2.26. The van der Waals surface area contributed by atoms with Gasteiger partial charge in [0, 0.05) is 13.1 Å². The molecule has 0 aliphatic carbocycles. The molecule has 0 atom stereocenters. The zero-order valence-corrected chi connectivity index (χ0v) is 19.5. The minimum atomic E-state index is -0.0407. The molecule has 2 aromatic carbocycles. The lowest BCUT2D eigenvalue weighted by molar-refractivity contribution is -0.137. The van der Waals surface area contributed by atoms with E-state index in [9.17, 15) is 4.79 Å². The van der Waals surface area contributed by atoms with Gasteiger partial charge in [0.25, 0.3) is 5.91 Å². The zero-order valence-electron chi connectivity index (χ0n) is 18.7. The van der Waals surface area contributed by atoms with Crippen molar-refractivity contribution in [2.24, 2.45) is 0 Å². The summed E-state index contributed by atoms with van der Waals surface area (Å²) in [5.41, 5.74) is 4.54. The molecule has 1 aliphatic rings. The third-order valence-corrected chi connectivity index (χ3v) is 6.40. The molecule has 3 aromatic rings. The van der Waals surface area contributed by atoms with E-state index in [0.717, 1.165) is 16.1 Å². The van der Waals surface area contributed by atoms with Crippen LogP contribution in [0.1, 0.15) is 28.6 Å². The molecule has 0 unspecified atom stereocenters. The highest BCUT2D eigenvalue weighted by molar-refractivity contribution is 7.19. The number of hydrogen-bond acceptors (Lipinski definition) is 6. The number of carbonyl (C=O) groups excluding carboxylic acids is 1. The molecule has 0 N–H and O–H groups in total. The van der Waals surface area contributed by atoms with Crippen molar-refractivity contribution in [3.8, 4) is 11.5 Å². The average Bonchev–Trinajstić information content (AvgIpc) is 3.19. The van der Waals surface area contributed by atoms with Crippen molar-refractivity contribution in [1.82, 2.24) is 9.88 Å². The van der Waals surface area contributed by atoms with Crippen LogP contribution in [0.15, 0.2) is 30.3 Å². The predicted octanol–water partition coefficient (Wildman–Crippen LogP) is 4.72. The zero-order chi connectivity index (χ0) is 22.5. The maximum atomic E-state index is 12.4. The molecular formula is C25H28N2O4S. The first-order chi connectivity index (χ1) is 15.5. The smallest absolute Gasteiger partial charge is 0.260 e. The molecule has 7 heteroatoms. The predicted molar refractivity (Wildman–Crippen MR) is 129 cm³/mol. The van der Waals surface area contributed by atoms with Gasteiger partial charge in [-0.1, -0.05) is 12.1 Å². The van der Waals surface area contributed by atoms with Crippen molar-refractivity contribution in [2.45, 2.75) is 20.8 Å². The fourth-order valence-corrected chi connectivity index (χ4v) is 4.45. The summed E-state index contributed by atoms with van der Waals surface area (Å²) in [7, 11) is 0. The summed E-state index contributed by atoms with van der Waals surface area (Å²) in [6, 6.07) is 10.1. The van der Waals surface area contributed by atoms with Gasteiger partial charge >= 0.3 is 0 Å². The van der Waals surface area contributed by atoms with Gasteiger partial charge in [0.1, 0.15) is 5.01 Å². The molecule has 0 bridgehead atoms. The number of benzene rings is 2. The van der Waals surface area contributed by atoms with Crippen LogP contribution in [0.3, 0.4) is 0 Å². The molecule has 1 aromatic heterocycles. The molecule has 4 rings (SSSR count). The first-order valence-corrected chi connectivity index (χ1v) is 11.7. The van der Waals surface area contributed by atoms with Crippen LogP contribution in [0, 0.1) is 13.8 Å². The summed E-state index contributed by atoms with van der Waals surface area (Å²) < 4.78 is 18.0. The van der Waals surface area contributed by atoms with E-state index in [1.165, 1.54) is 15.8 Å². The van der Waals surface area contributed by atoms with Crippen LogP contribution < -0.4 is 9.47 Å². The normalized spacial score (nSPS) is 14.3. The molecular weight excluding hydrogens is 424 g/mol. The Balaban J connectivity index is 1.46. The summed E-state index contributed by atoms with van der Waals surface area (Å²) >= 11 is 1.68. The molecule has 0 radical (unpaired) electrons. The van der Waals surface area contributed by atoms with Crippen molar-refractivity contribution in [3.63, 3.8) is 0 Å². The number of hydrogen-bond donors (Lipinski definition) is 0. The van der Waals surface area contributed by atoms with Crippen LogP contribution in [-0.4, -0.2) is 55.3 Å². The number of ether oxygens (including phenoxy) is 3. The van der Waals surface area contributed by atoms with Crippen LogP contribution in [0.2, 0.25) is 0 Å². The summed E-state index contributed by atoms with van der Waals surface area (Å²) in [5, 5.41) is 0.958. The number of fused-ring (bicyclic) bond motifs is 1. The Morgan fingerprint density at radius 3 is 2.66 bits per heavy atom. The van der Waals surface area contributed by atoms with Crippen molar-refractivity contribution >= 4 is 39.6 Å². The molecule has 6 nitrogen and oxygen atoms in total. The van der Waals surface area contributed by atoms with E-state index in [1.807, 2.05) is 37.3 Å². The van der Waals surface area contributed by atoms with Crippen LogP contribution in [0.5, 0.6) is 11.5 Å². The number of nitrogens with zero attached hydrogens (tertiary/aromatic N) is 2. The molecule has 0 spiro atoms. The Kier molecular flexibility index (Phi) is 7.07. The Labute approximate surface area is 192 Å². The Bertz CT molecular complexity index is 1090. The summed E-state index contributed by atoms with van der Waals surface area (Å²) in [5.74, 6) is 1.15. The lowest BCUT2D eigenvalue weighted by Crippen LogP contribution is -2.43. The SMILES string of the molecule is CCOc1cc(/C=C/c2nc3cc(C)c(C)cc3s2)ccc1OCC(=O)N1CCOCC1. The van der Waals surface area contributed by atoms with E-state index in [-0.39, 0.29) is 12.5 Å². The number of morpholine rings is 1. The van der Waals surface area contributed by atoms with Crippen molar-refractivity contribution < 1.29 is 19.0 Å². The van der Waals surface area contributed by atoms with Crippen molar-refractivity contribution in [3.05, 3.63) is 52.0 Å². The largest absolute Gasteiger partial charge is 0.490 e. The second-order valence-corrected chi connectivity index (χ2v) is 8.77. The number of aromatic nitrogens is 1. The van der Waals surface area contributed by atoms with Gasteiger partial charge in [0.05, 0.1) is 30.0 Å². The summed E-state index contributed by atoms with van der Waals surface area (Å²) in [4.78, 5) is 18.9. The van der Waals surface area contributed by atoms with E-state index < -0.39 is 0 Å². The monoisotopic (exact) mass is 452 g/mol. The fourth-order valence-electron chi connectivity index (χ4n) is 3.50. The third kappa shape index (κ3) is 5.29. The van der Waals surface area contributed by atoms with Gasteiger partial charge in [-0.15, -0.1) is 11.3 Å². The van der Waals surface area contributed by atoms with Crippen molar-refractivity contribution in [1.29, 1.82) is 0 Å². The minimum absolute atomic E-state index is 0.0141. The Hall–Kier alpha value is -2.90. The first-order valence-electron chi connectivity index (χ1n) is 10.8. The highest BCUT2D eigenvalue weighted by atomic mass is 32.1. The molecule has 1 aliphatic heterocycles. The minimum Gasteiger partial charge on any atom is -0.490 e. The van der Waals surface area contributed by atoms with E-state index in [0.29, 0.717) is 44.4 Å². The molecule has 168 valence electrons. The van der Waals surface area contributed by atoms with E-state index in [1.54, 1.807) is 16.2 Å². The van der Waals surface area contributed by atoms with E-state index >= 15 is 0 Å². The number of carbonyl (C=O) groups is 1. The molecule has 1 fully saturated rings. The maximum Gasteiger partial charge on any atom is 0.260 e. The molecule has 0 saturated carbocycles. The fraction of sp³-hybridized carbons (Fsp3) is 0.360. The highest BCUT2D eigenvalue weighted by Gasteiger charge is 2.18. The van der Waals surface area contributed by atoms with E-state index in [2.05, 4.69) is 26.0 Å². The quantitative estimate of drug-likeness (QED) is 0.519. The molecule has 1 saturated heterocycles. The average molecular weight is 453 g/mol. The van der Waals surface area contributed by atoms with Crippen LogP contribution in [0.25, 0.3) is 22.4 Å². The third-order valence-electron chi connectivity index (χ3n) is 5.42. The number of amides is 1. The number of rotatable bonds is 7. The second kappa shape index (κ2) is 10.1. The number of aryl methyl sites for hydroxylation is 2. The molecule has 1 amide bonds. The Morgan fingerprint density at radius 2 is 1.88 bits per heavy atom. The van der Waals surface area contributed by atoms with Gasteiger partial charge in [-0.2, -0.15) is 0 Å². The van der Waals surface area contributed by atoms with Gasteiger partial charge in [0.15, 0.2) is 18.1 Å². The van der Waals surface area contributed by atoms with Gasteiger partial charge in [-0.05, 0) is 67.8 Å². The topological polar surface area (TPSA) is 60.9 Å². The standard InChI is InChI=1S/C25H28N2O4S/c1-4-30-22-15-19(5-7-21(22)31-16-25(28)27-9-11-29-12-10-27)6-8-24-26-20-13-17(2)18(3)14-23(20)32-24/h5-8,13-15H,4,9-12,16H2,1-3H3/b8-6+. The van der Waals surface area contributed by atoms with Gasteiger partial charge in [-0.25, -0.2) is 4.98 Å². The molecule has 2 heterocycles. The molecule has 32 heavy (non-hydrogen) atoms. The maximum absolute atomic E-state index is 12.4. The van der Waals surface area contributed by atoms with Crippen molar-refractivity contribution in [2.75, 3.05) is 39.5 Å². The van der Waals surface area contributed by atoms with Gasteiger partial charge in [-0.3, -0.25) is 4.79 Å². The van der Waals surface area contributed by atoms with E-state index in [4.69, 9.17) is 19.2 Å². The summed E-state index contributed by atoms with van der Waals surface area (Å²) in [6.07, 6.45) is 4.03. The summed E-state index contributed by atoms with van der Waals surface area (Å²) in [6.45, 7) is 9.02. The van der Waals surface area contributed by atoms with Crippen LogP contribution >= 0.6 is 11.3 Å². The lowest BCUT2D eigenvalue weighted by atomic mass is 10.1. The Morgan fingerprint density at radius 1 is 1.09 bits per heavy atom. The van der Waals surface area contributed by atoms with Gasteiger partial charge in [0.2, 0.25) is 0 Å².